The van der Waals surface area contributed by atoms with E-state index >= 15 is 0 Å². The van der Waals surface area contributed by atoms with E-state index in [1.807, 2.05) is 0 Å². The molecule has 0 radical (unpaired) electrons. The Hall–Kier alpha value is -0.900. The smallest absolute Gasteiger partial charge is 0.0620 e. The van der Waals surface area contributed by atoms with Gasteiger partial charge >= 0.3 is 0 Å². The molecule has 3 nitrogen and oxygen atoms in total. The highest BCUT2D eigenvalue weighted by molar-refractivity contribution is 5.27. The highest BCUT2D eigenvalue weighted by Gasteiger charge is 2.38. The minimum atomic E-state index is 0.519. The van der Waals surface area contributed by atoms with Crippen LogP contribution in [0.2, 0.25) is 0 Å². The van der Waals surface area contributed by atoms with Crippen LogP contribution in [0.5, 0.6) is 0 Å². The summed E-state index contributed by atoms with van der Waals surface area (Å²) in [5.41, 5.74) is 1.48. The van der Waals surface area contributed by atoms with Crippen molar-refractivity contribution in [3.8, 4) is 0 Å². The SMILES string of the molecule is CC(CC1COCCN1)NC1CC1c1ccccc1. The Morgan fingerprint density at radius 3 is 2.95 bits per heavy atom. The highest BCUT2D eigenvalue weighted by Crippen LogP contribution is 2.40. The summed E-state index contributed by atoms with van der Waals surface area (Å²) in [6, 6.07) is 12.6. The Kier molecular flexibility index (Phi) is 4.16. The molecule has 1 aliphatic carbocycles. The van der Waals surface area contributed by atoms with Crippen molar-refractivity contribution in [1.29, 1.82) is 0 Å². The fourth-order valence-electron chi connectivity index (χ4n) is 3.08. The van der Waals surface area contributed by atoms with Gasteiger partial charge in [-0.25, -0.2) is 0 Å². The Bertz CT molecular complexity index is 389. The summed E-state index contributed by atoms with van der Waals surface area (Å²) in [5.74, 6) is 0.721. The molecule has 1 aliphatic heterocycles. The van der Waals surface area contributed by atoms with Crippen LogP contribution in [0.4, 0.5) is 0 Å². The van der Waals surface area contributed by atoms with Crippen molar-refractivity contribution in [2.45, 2.75) is 43.8 Å². The van der Waals surface area contributed by atoms with E-state index < -0.39 is 0 Å². The first kappa shape index (κ1) is 13.1. The maximum absolute atomic E-state index is 5.50. The molecule has 0 aromatic heterocycles. The number of hydrogen-bond acceptors (Lipinski definition) is 3. The number of ether oxygens (including phenoxy) is 1. The van der Waals surface area contributed by atoms with Gasteiger partial charge in [0.2, 0.25) is 0 Å². The van der Waals surface area contributed by atoms with Gasteiger partial charge in [-0.1, -0.05) is 30.3 Å². The first-order valence-electron chi connectivity index (χ1n) is 7.45. The fraction of sp³-hybridized carbons (Fsp3) is 0.625. The third-order valence-corrected chi connectivity index (χ3v) is 4.15. The van der Waals surface area contributed by atoms with Crippen molar-refractivity contribution in [2.24, 2.45) is 0 Å². The first-order valence-corrected chi connectivity index (χ1v) is 7.45. The van der Waals surface area contributed by atoms with Crippen LogP contribution in [0.25, 0.3) is 0 Å². The Morgan fingerprint density at radius 2 is 2.21 bits per heavy atom. The fourth-order valence-corrected chi connectivity index (χ4v) is 3.08. The van der Waals surface area contributed by atoms with E-state index in [1.54, 1.807) is 0 Å². The van der Waals surface area contributed by atoms with Crippen LogP contribution in [0.3, 0.4) is 0 Å². The third-order valence-electron chi connectivity index (χ3n) is 4.15. The van der Waals surface area contributed by atoms with E-state index in [-0.39, 0.29) is 0 Å². The van der Waals surface area contributed by atoms with Gasteiger partial charge in [-0.2, -0.15) is 0 Å². The van der Waals surface area contributed by atoms with Crippen LogP contribution in [-0.2, 0) is 4.74 Å². The molecular weight excluding hydrogens is 236 g/mol. The lowest BCUT2D eigenvalue weighted by atomic mass is 10.1. The molecule has 3 heteroatoms. The maximum atomic E-state index is 5.50. The van der Waals surface area contributed by atoms with Crippen molar-refractivity contribution < 1.29 is 4.74 Å². The lowest BCUT2D eigenvalue weighted by Gasteiger charge is -2.26. The van der Waals surface area contributed by atoms with Crippen molar-refractivity contribution in [3.63, 3.8) is 0 Å². The normalized spacial score (nSPS) is 31.9. The molecule has 1 aromatic carbocycles. The monoisotopic (exact) mass is 260 g/mol. The second-order valence-corrected chi connectivity index (χ2v) is 5.89. The van der Waals surface area contributed by atoms with Gasteiger partial charge in [-0.3, -0.25) is 0 Å². The van der Waals surface area contributed by atoms with Gasteiger partial charge in [0.15, 0.2) is 0 Å². The van der Waals surface area contributed by atoms with E-state index in [0.29, 0.717) is 18.1 Å². The zero-order valence-corrected chi connectivity index (χ0v) is 11.6. The molecule has 1 aromatic rings. The second-order valence-electron chi connectivity index (χ2n) is 5.89. The quantitative estimate of drug-likeness (QED) is 0.848. The van der Waals surface area contributed by atoms with Crippen LogP contribution >= 0.6 is 0 Å². The number of nitrogens with one attached hydrogen (secondary N) is 2. The number of rotatable bonds is 5. The predicted molar refractivity (Wildman–Crippen MR) is 77.4 cm³/mol. The maximum Gasteiger partial charge on any atom is 0.0620 e. The molecule has 104 valence electrons. The molecule has 19 heavy (non-hydrogen) atoms. The molecule has 1 saturated heterocycles. The molecule has 1 saturated carbocycles. The minimum absolute atomic E-state index is 0.519. The zero-order valence-electron chi connectivity index (χ0n) is 11.6. The van der Waals surface area contributed by atoms with Crippen LogP contribution < -0.4 is 10.6 Å². The summed E-state index contributed by atoms with van der Waals surface area (Å²) < 4.78 is 5.50. The van der Waals surface area contributed by atoms with Gasteiger partial charge in [0, 0.05) is 30.6 Å². The van der Waals surface area contributed by atoms with Crippen LogP contribution in [-0.4, -0.2) is 37.9 Å². The molecule has 2 fully saturated rings. The van der Waals surface area contributed by atoms with E-state index in [0.717, 1.165) is 32.1 Å². The third kappa shape index (κ3) is 3.56. The second kappa shape index (κ2) is 6.04. The van der Waals surface area contributed by atoms with Gasteiger partial charge in [0.1, 0.15) is 0 Å². The molecule has 4 atom stereocenters. The summed E-state index contributed by atoms with van der Waals surface area (Å²) in [5, 5.41) is 7.28. The molecule has 0 bridgehead atoms. The number of hydrogen-bond donors (Lipinski definition) is 2. The topological polar surface area (TPSA) is 33.3 Å². The molecule has 0 spiro atoms. The predicted octanol–water partition coefficient (Wildman–Crippen LogP) is 1.90. The van der Waals surface area contributed by atoms with Gasteiger partial charge < -0.3 is 15.4 Å². The van der Waals surface area contributed by atoms with Crippen molar-refractivity contribution in [3.05, 3.63) is 35.9 Å². The van der Waals surface area contributed by atoms with Crippen molar-refractivity contribution in [1.82, 2.24) is 10.6 Å². The van der Waals surface area contributed by atoms with Gasteiger partial charge in [-0.05, 0) is 25.3 Å². The molecule has 4 unspecified atom stereocenters. The van der Waals surface area contributed by atoms with E-state index in [2.05, 4.69) is 47.9 Å². The standard InChI is InChI=1S/C16H24N2O/c1-12(9-14-11-19-8-7-17-14)18-16-10-15(16)13-5-3-2-4-6-13/h2-6,12,14-18H,7-11H2,1H3. The Labute approximate surface area is 115 Å². The Morgan fingerprint density at radius 1 is 1.37 bits per heavy atom. The van der Waals surface area contributed by atoms with E-state index in [4.69, 9.17) is 4.74 Å². The van der Waals surface area contributed by atoms with Gasteiger partial charge in [0.05, 0.1) is 13.2 Å². The average molecular weight is 260 g/mol. The molecular formula is C16H24N2O. The molecule has 2 aliphatic rings. The van der Waals surface area contributed by atoms with Crippen molar-refractivity contribution in [2.75, 3.05) is 19.8 Å². The van der Waals surface area contributed by atoms with E-state index in [9.17, 15) is 0 Å². The van der Waals surface area contributed by atoms with Crippen molar-refractivity contribution >= 4 is 0 Å². The summed E-state index contributed by atoms with van der Waals surface area (Å²) in [4.78, 5) is 0. The molecule has 3 rings (SSSR count). The van der Waals surface area contributed by atoms with Gasteiger partial charge in [-0.15, -0.1) is 0 Å². The highest BCUT2D eigenvalue weighted by atomic mass is 16.5. The lowest BCUT2D eigenvalue weighted by Crippen LogP contribution is -2.45. The molecule has 2 N–H and O–H groups in total. The summed E-state index contributed by atoms with van der Waals surface area (Å²) >= 11 is 0. The molecule has 1 heterocycles. The van der Waals surface area contributed by atoms with Gasteiger partial charge in [0.25, 0.3) is 0 Å². The number of benzene rings is 1. The summed E-state index contributed by atoms with van der Waals surface area (Å²) in [7, 11) is 0. The van der Waals surface area contributed by atoms with Crippen LogP contribution in [0, 0.1) is 0 Å². The summed E-state index contributed by atoms with van der Waals surface area (Å²) in [6.07, 6.45) is 2.43. The Balaban J connectivity index is 1.43. The van der Waals surface area contributed by atoms with E-state index in [1.165, 1.54) is 12.0 Å². The average Bonchev–Trinajstić information content (AvgIpc) is 3.20. The van der Waals surface area contributed by atoms with Crippen LogP contribution in [0.15, 0.2) is 30.3 Å². The molecule has 0 amide bonds. The van der Waals surface area contributed by atoms with Crippen LogP contribution in [0.1, 0.15) is 31.2 Å². The zero-order chi connectivity index (χ0) is 13.1. The largest absolute Gasteiger partial charge is 0.379 e. The lowest BCUT2D eigenvalue weighted by molar-refractivity contribution is 0.0711. The first-order chi connectivity index (χ1) is 9.33. The number of morpholine rings is 1. The summed E-state index contributed by atoms with van der Waals surface area (Å²) in [6.45, 7) is 5.00. The minimum Gasteiger partial charge on any atom is -0.379 e.